The minimum Gasteiger partial charge on any atom is -0.496 e. The molecule has 20 heavy (non-hydrogen) atoms. The van der Waals surface area contributed by atoms with Crippen LogP contribution in [0.15, 0.2) is 24.3 Å². The number of aryl methyl sites for hydroxylation is 1. The second-order valence-corrected chi connectivity index (χ2v) is 4.80. The van der Waals surface area contributed by atoms with Gasteiger partial charge in [0.25, 0.3) is 0 Å². The van der Waals surface area contributed by atoms with Crippen molar-refractivity contribution in [1.29, 1.82) is 0 Å². The van der Waals surface area contributed by atoms with E-state index in [1.54, 1.807) is 7.11 Å². The number of ether oxygens (including phenoxy) is 1. The molecule has 0 spiro atoms. The van der Waals surface area contributed by atoms with Gasteiger partial charge in [0, 0.05) is 19.6 Å². The number of hydrogen-bond donors (Lipinski definition) is 2. The third kappa shape index (κ3) is 6.57. The molecule has 112 valence electrons. The largest absolute Gasteiger partial charge is 0.496 e. The minimum atomic E-state index is 0.0815. The van der Waals surface area contributed by atoms with Gasteiger partial charge in [0.2, 0.25) is 5.91 Å². The van der Waals surface area contributed by atoms with Crippen LogP contribution in [0, 0.1) is 0 Å². The van der Waals surface area contributed by atoms with Crippen molar-refractivity contribution in [3.8, 4) is 5.75 Å². The lowest BCUT2D eigenvalue weighted by molar-refractivity contribution is -0.121. The highest BCUT2D eigenvalue weighted by Crippen LogP contribution is 2.18. The van der Waals surface area contributed by atoms with Gasteiger partial charge in [-0.15, -0.1) is 0 Å². The van der Waals surface area contributed by atoms with E-state index in [2.05, 4.69) is 5.32 Å². The molecule has 2 N–H and O–H groups in total. The summed E-state index contributed by atoms with van der Waals surface area (Å²) in [6.07, 6.45) is 5.07. The van der Waals surface area contributed by atoms with Gasteiger partial charge in [-0.3, -0.25) is 4.79 Å². The molecule has 0 saturated heterocycles. The Morgan fingerprint density at radius 2 is 1.95 bits per heavy atom. The fourth-order valence-corrected chi connectivity index (χ4v) is 2.06. The summed E-state index contributed by atoms with van der Waals surface area (Å²) in [6, 6.07) is 7.78. The number of hydrogen-bond acceptors (Lipinski definition) is 3. The van der Waals surface area contributed by atoms with Crippen molar-refractivity contribution in [2.24, 2.45) is 0 Å². The first-order valence-electron chi connectivity index (χ1n) is 7.27. The molecule has 4 heteroatoms. The van der Waals surface area contributed by atoms with Crippen LogP contribution in [0.2, 0.25) is 0 Å². The molecule has 1 amide bonds. The average Bonchev–Trinajstić information content (AvgIpc) is 2.49. The van der Waals surface area contributed by atoms with Crippen molar-refractivity contribution >= 4 is 5.91 Å². The fraction of sp³-hybridized carbons (Fsp3) is 0.562. The molecule has 1 aromatic carbocycles. The number of benzene rings is 1. The number of carbonyl (C=O) groups excluding carboxylic acids is 1. The first-order valence-corrected chi connectivity index (χ1v) is 7.27. The quantitative estimate of drug-likeness (QED) is 0.646. The summed E-state index contributed by atoms with van der Waals surface area (Å²) >= 11 is 0. The lowest BCUT2D eigenvalue weighted by Gasteiger charge is -2.08. The highest BCUT2D eigenvalue weighted by molar-refractivity contribution is 5.76. The maximum absolute atomic E-state index is 11.7. The molecule has 1 rings (SSSR count). The van der Waals surface area contributed by atoms with Crippen molar-refractivity contribution in [2.45, 2.75) is 38.5 Å². The summed E-state index contributed by atoms with van der Waals surface area (Å²) in [5.41, 5.74) is 1.06. The van der Waals surface area contributed by atoms with Crippen LogP contribution in [0.1, 0.15) is 37.7 Å². The predicted molar refractivity (Wildman–Crippen MR) is 79.9 cm³/mol. The Kier molecular flexibility index (Phi) is 8.47. The zero-order valence-electron chi connectivity index (χ0n) is 12.2. The Morgan fingerprint density at radius 3 is 2.70 bits per heavy atom. The zero-order valence-corrected chi connectivity index (χ0v) is 12.2. The molecule has 0 saturated carbocycles. The zero-order chi connectivity index (χ0) is 14.6. The molecule has 0 aliphatic heterocycles. The molecule has 0 aliphatic carbocycles. The smallest absolute Gasteiger partial charge is 0.220 e. The number of methoxy groups -OCH3 is 1. The Hall–Kier alpha value is -1.55. The van der Waals surface area contributed by atoms with Crippen LogP contribution in [0.4, 0.5) is 0 Å². The molecule has 1 aromatic rings. The normalized spacial score (nSPS) is 10.3. The van der Waals surface area contributed by atoms with E-state index in [9.17, 15) is 4.79 Å². The standard InChI is InChI=1S/C16H25NO3/c1-20-15-9-5-4-8-14(15)10-11-16(19)17-12-6-2-3-7-13-18/h4-5,8-9,18H,2-3,6-7,10-13H2,1H3,(H,17,19). The van der Waals surface area contributed by atoms with Crippen LogP contribution in [0.25, 0.3) is 0 Å². The Bertz CT molecular complexity index is 393. The molecular weight excluding hydrogens is 254 g/mol. The van der Waals surface area contributed by atoms with Crippen LogP contribution in [0.3, 0.4) is 0 Å². The first kappa shape index (κ1) is 16.5. The molecule has 0 unspecified atom stereocenters. The molecular formula is C16H25NO3. The van der Waals surface area contributed by atoms with E-state index in [-0.39, 0.29) is 12.5 Å². The fourth-order valence-electron chi connectivity index (χ4n) is 2.06. The number of unbranched alkanes of at least 4 members (excludes halogenated alkanes) is 3. The Labute approximate surface area is 121 Å². The number of rotatable bonds is 10. The van der Waals surface area contributed by atoms with Gasteiger partial charge in [-0.05, 0) is 30.9 Å². The number of aliphatic hydroxyl groups excluding tert-OH is 1. The summed E-state index contributed by atoms with van der Waals surface area (Å²) in [7, 11) is 1.64. The molecule has 0 fully saturated rings. The molecule has 0 aliphatic rings. The molecule has 0 aromatic heterocycles. The summed E-state index contributed by atoms with van der Waals surface area (Å²) < 4.78 is 5.26. The van der Waals surface area contributed by atoms with E-state index < -0.39 is 0 Å². The summed E-state index contributed by atoms with van der Waals surface area (Å²) in [5, 5.41) is 11.6. The number of carbonyl (C=O) groups is 1. The SMILES string of the molecule is COc1ccccc1CCC(=O)NCCCCCCO. The average molecular weight is 279 g/mol. The van der Waals surface area contributed by atoms with Crippen molar-refractivity contribution < 1.29 is 14.6 Å². The van der Waals surface area contributed by atoms with Gasteiger partial charge in [-0.25, -0.2) is 0 Å². The van der Waals surface area contributed by atoms with Crippen molar-refractivity contribution in [3.63, 3.8) is 0 Å². The third-order valence-electron chi connectivity index (χ3n) is 3.22. The number of nitrogens with one attached hydrogen (secondary N) is 1. The Balaban J connectivity index is 2.16. The van der Waals surface area contributed by atoms with Crippen LogP contribution in [0.5, 0.6) is 5.75 Å². The van der Waals surface area contributed by atoms with E-state index in [0.29, 0.717) is 12.8 Å². The van der Waals surface area contributed by atoms with E-state index in [1.807, 2.05) is 24.3 Å². The summed E-state index contributed by atoms with van der Waals surface area (Å²) in [6.45, 7) is 0.974. The number of aliphatic hydroxyl groups is 1. The summed E-state index contributed by atoms with van der Waals surface area (Å²) in [4.78, 5) is 11.7. The van der Waals surface area contributed by atoms with Crippen molar-refractivity contribution in [3.05, 3.63) is 29.8 Å². The topological polar surface area (TPSA) is 58.6 Å². The van der Waals surface area contributed by atoms with Gasteiger partial charge < -0.3 is 15.2 Å². The van der Waals surface area contributed by atoms with Crippen molar-refractivity contribution in [1.82, 2.24) is 5.32 Å². The Morgan fingerprint density at radius 1 is 1.20 bits per heavy atom. The van der Waals surface area contributed by atoms with Crippen LogP contribution < -0.4 is 10.1 Å². The highest BCUT2D eigenvalue weighted by atomic mass is 16.5. The van der Waals surface area contributed by atoms with E-state index in [0.717, 1.165) is 43.5 Å². The van der Waals surface area contributed by atoms with Crippen LogP contribution in [-0.4, -0.2) is 31.3 Å². The minimum absolute atomic E-state index is 0.0815. The van der Waals surface area contributed by atoms with Gasteiger partial charge in [0.1, 0.15) is 5.75 Å². The number of amides is 1. The first-order chi connectivity index (χ1) is 9.77. The second kappa shape index (κ2) is 10.3. The van der Waals surface area contributed by atoms with E-state index >= 15 is 0 Å². The maximum Gasteiger partial charge on any atom is 0.220 e. The van der Waals surface area contributed by atoms with Crippen LogP contribution >= 0.6 is 0 Å². The summed E-state index contributed by atoms with van der Waals surface area (Å²) in [5.74, 6) is 0.919. The van der Waals surface area contributed by atoms with Gasteiger partial charge in [-0.1, -0.05) is 31.0 Å². The maximum atomic E-state index is 11.7. The highest BCUT2D eigenvalue weighted by Gasteiger charge is 2.05. The van der Waals surface area contributed by atoms with Gasteiger partial charge in [-0.2, -0.15) is 0 Å². The van der Waals surface area contributed by atoms with Gasteiger partial charge in [0.15, 0.2) is 0 Å². The lowest BCUT2D eigenvalue weighted by atomic mass is 10.1. The number of para-hydroxylation sites is 1. The van der Waals surface area contributed by atoms with Crippen LogP contribution in [-0.2, 0) is 11.2 Å². The molecule has 0 atom stereocenters. The monoisotopic (exact) mass is 279 g/mol. The second-order valence-electron chi connectivity index (χ2n) is 4.80. The van der Waals surface area contributed by atoms with Crippen molar-refractivity contribution in [2.75, 3.05) is 20.3 Å². The molecule has 0 heterocycles. The van der Waals surface area contributed by atoms with E-state index in [4.69, 9.17) is 9.84 Å². The van der Waals surface area contributed by atoms with Gasteiger partial charge >= 0.3 is 0 Å². The molecule has 4 nitrogen and oxygen atoms in total. The van der Waals surface area contributed by atoms with Gasteiger partial charge in [0.05, 0.1) is 7.11 Å². The third-order valence-corrected chi connectivity index (χ3v) is 3.22. The van der Waals surface area contributed by atoms with E-state index in [1.165, 1.54) is 0 Å². The molecule has 0 bridgehead atoms. The predicted octanol–water partition coefficient (Wildman–Crippen LogP) is 2.30. The lowest BCUT2D eigenvalue weighted by Crippen LogP contribution is -2.24. The molecule has 0 radical (unpaired) electrons.